The summed E-state index contributed by atoms with van der Waals surface area (Å²) in [6, 6.07) is 14.3. The first-order valence-electron chi connectivity index (χ1n) is 12.5. The fourth-order valence-electron chi connectivity index (χ4n) is 5.03. The lowest BCUT2D eigenvalue weighted by Gasteiger charge is -2.30. The Morgan fingerprint density at radius 3 is 2.81 bits per heavy atom. The van der Waals surface area contributed by atoms with E-state index in [0.29, 0.717) is 25.2 Å². The van der Waals surface area contributed by atoms with Crippen LogP contribution in [0.1, 0.15) is 54.7 Å². The number of aromatic amines is 1. The minimum atomic E-state index is -0.279. The van der Waals surface area contributed by atoms with E-state index in [1.54, 1.807) is 12.1 Å². The standard InChI is InChI=1S/C27H31FN6O2/c1-3-24(26-30-31-32-34(26)17-23-8-5-13-36-23)33(15-19-9-11-22(28)12-10-19)16-21-14-20-7-4-6-18(2)25(20)29-27(21)35/h4,6-7,9-12,14,23-24H,3,5,8,13,15-17H2,1-2H3,(H,29,35)/t23-,24-/m1/s1. The van der Waals surface area contributed by atoms with Gasteiger partial charge in [-0.2, -0.15) is 0 Å². The molecule has 1 fully saturated rings. The molecular formula is C27H31FN6O2. The third kappa shape index (κ3) is 5.22. The average Bonchev–Trinajstić information content (AvgIpc) is 3.55. The van der Waals surface area contributed by atoms with Crippen LogP contribution in [-0.4, -0.2) is 42.8 Å². The predicted octanol–water partition coefficient (Wildman–Crippen LogP) is 4.29. The second-order valence-electron chi connectivity index (χ2n) is 9.47. The van der Waals surface area contributed by atoms with Crippen LogP contribution in [0.4, 0.5) is 4.39 Å². The number of tetrazole rings is 1. The zero-order chi connectivity index (χ0) is 25.1. The van der Waals surface area contributed by atoms with E-state index in [9.17, 15) is 9.18 Å². The van der Waals surface area contributed by atoms with Crippen LogP contribution in [-0.2, 0) is 24.4 Å². The maximum Gasteiger partial charge on any atom is 0.252 e. The van der Waals surface area contributed by atoms with Crippen molar-refractivity contribution in [3.63, 3.8) is 0 Å². The van der Waals surface area contributed by atoms with Gasteiger partial charge in [0.25, 0.3) is 5.56 Å². The second kappa shape index (κ2) is 10.7. The number of pyridine rings is 1. The van der Waals surface area contributed by atoms with Crippen LogP contribution in [0.2, 0.25) is 0 Å². The number of aromatic nitrogens is 5. The van der Waals surface area contributed by atoms with Crippen LogP contribution in [0.5, 0.6) is 0 Å². The number of halogens is 1. The van der Waals surface area contributed by atoms with Gasteiger partial charge >= 0.3 is 0 Å². The third-order valence-electron chi connectivity index (χ3n) is 6.92. The van der Waals surface area contributed by atoms with Crippen molar-refractivity contribution in [2.45, 2.75) is 64.9 Å². The van der Waals surface area contributed by atoms with E-state index in [1.165, 1.54) is 12.1 Å². The van der Waals surface area contributed by atoms with Crippen molar-refractivity contribution in [2.24, 2.45) is 0 Å². The number of aryl methyl sites for hydroxylation is 1. The molecule has 0 amide bonds. The molecule has 5 rings (SSSR count). The minimum Gasteiger partial charge on any atom is -0.376 e. The summed E-state index contributed by atoms with van der Waals surface area (Å²) in [7, 11) is 0. The van der Waals surface area contributed by atoms with E-state index in [-0.39, 0.29) is 23.5 Å². The van der Waals surface area contributed by atoms with E-state index in [4.69, 9.17) is 4.74 Å². The molecule has 4 aromatic rings. The summed E-state index contributed by atoms with van der Waals surface area (Å²) in [6.45, 7) is 6.33. The van der Waals surface area contributed by atoms with Gasteiger partial charge in [-0.1, -0.05) is 37.3 Å². The van der Waals surface area contributed by atoms with Crippen molar-refractivity contribution in [3.8, 4) is 0 Å². The van der Waals surface area contributed by atoms with E-state index in [0.717, 1.165) is 53.7 Å². The Morgan fingerprint density at radius 2 is 2.06 bits per heavy atom. The number of nitrogens with zero attached hydrogens (tertiary/aromatic N) is 5. The highest BCUT2D eigenvalue weighted by atomic mass is 19.1. The maximum absolute atomic E-state index is 13.6. The lowest BCUT2D eigenvalue weighted by Crippen LogP contribution is -2.33. The van der Waals surface area contributed by atoms with E-state index >= 15 is 0 Å². The summed E-state index contributed by atoms with van der Waals surface area (Å²) in [4.78, 5) is 18.4. The number of rotatable bonds is 9. The van der Waals surface area contributed by atoms with Crippen LogP contribution in [0.3, 0.4) is 0 Å². The highest BCUT2D eigenvalue weighted by Gasteiger charge is 2.28. The molecule has 1 aliphatic rings. The van der Waals surface area contributed by atoms with Crippen molar-refractivity contribution < 1.29 is 9.13 Å². The van der Waals surface area contributed by atoms with Crippen LogP contribution in [0.25, 0.3) is 10.9 Å². The molecule has 0 saturated carbocycles. The van der Waals surface area contributed by atoms with Gasteiger partial charge in [0.15, 0.2) is 5.82 Å². The van der Waals surface area contributed by atoms with Gasteiger partial charge in [-0.25, -0.2) is 9.07 Å². The first kappa shape index (κ1) is 24.3. The number of benzene rings is 2. The predicted molar refractivity (Wildman–Crippen MR) is 135 cm³/mol. The molecule has 2 atom stereocenters. The molecule has 2 aromatic heterocycles. The highest BCUT2D eigenvalue weighted by Crippen LogP contribution is 2.27. The van der Waals surface area contributed by atoms with Gasteiger partial charge in [0, 0.05) is 25.3 Å². The molecule has 0 bridgehead atoms. The van der Waals surface area contributed by atoms with Crippen molar-refractivity contribution in [1.82, 2.24) is 30.1 Å². The Morgan fingerprint density at radius 1 is 1.22 bits per heavy atom. The molecule has 0 unspecified atom stereocenters. The molecule has 9 heteroatoms. The van der Waals surface area contributed by atoms with Crippen LogP contribution in [0, 0.1) is 12.7 Å². The Labute approximate surface area is 209 Å². The van der Waals surface area contributed by atoms with Gasteiger partial charge in [-0.15, -0.1) is 5.10 Å². The Bertz CT molecular complexity index is 1380. The molecule has 8 nitrogen and oxygen atoms in total. The molecule has 36 heavy (non-hydrogen) atoms. The summed E-state index contributed by atoms with van der Waals surface area (Å²) in [6.07, 6.45) is 2.86. The molecule has 1 aliphatic heterocycles. The van der Waals surface area contributed by atoms with Gasteiger partial charge in [0.1, 0.15) is 5.82 Å². The SMILES string of the molecule is CC[C@H](c1nnnn1C[C@H]1CCCO1)N(Cc1ccc(F)cc1)Cc1cc2cccc(C)c2[nH]c1=O. The first-order valence-corrected chi connectivity index (χ1v) is 12.5. The molecule has 188 valence electrons. The number of fused-ring (bicyclic) bond motifs is 1. The Hall–Kier alpha value is -3.43. The first-order chi connectivity index (χ1) is 17.5. The molecule has 2 aromatic carbocycles. The van der Waals surface area contributed by atoms with Crippen molar-refractivity contribution in [1.29, 1.82) is 0 Å². The number of nitrogens with one attached hydrogen (secondary N) is 1. The second-order valence-corrected chi connectivity index (χ2v) is 9.47. The fraction of sp³-hybridized carbons (Fsp3) is 0.407. The van der Waals surface area contributed by atoms with E-state index in [2.05, 4.69) is 32.3 Å². The molecule has 1 N–H and O–H groups in total. The number of H-pyrrole nitrogens is 1. The van der Waals surface area contributed by atoms with Crippen molar-refractivity contribution >= 4 is 10.9 Å². The topological polar surface area (TPSA) is 88.9 Å². The lowest BCUT2D eigenvalue weighted by molar-refractivity contribution is 0.0888. The molecule has 0 spiro atoms. The number of ether oxygens (including phenoxy) is 1. The molecule has 1 saturated heterocycles. The van der Waals surface area contributed by atoms with Gasteiger partial charge in [0.2, 0.25) is 0 Å². The van der Waals surface area contributed by atoms with Crippen LogP contribution < -0.4 is 5.56 Å². The Balaban J connectivity index is 1.50. The Kier molecular flexibility index (Phi) is 7.20. The van der Waals surface area contributed by atoms with Crippen molar-refractivity contribution in [2.75, 3.05) is 6.61 Å². The number of hydrogen-bond acceptors (Lipinski definition) is 6. The smallest absolute Gasteiger partial charge is 0.252 e. The largest absolute Gasteiger partial charge is 0.376 e. The normalized spacial score (nSPS) is 16.7. The summed E-state index contributed by atoms with van der Waals surface area (Å²) >= 11 is 0. The van der Waals surface area contributed by atoms with Crippen LogP contribution >= 0.6 is 0 Å². The van der Waals surface area contributed by atoms with Gasteiger partial charge < -0.3 is 9.72 Å². The zero-order valence-corrected chi connectivity index (χ0v) is 20.7. The highest BCUT2D eigenvalue weighted by molar-refractivity contribution is 5.81. The molecule has 0 radical (unpaired) electrons. The van der Waals surface area contributed by atoms with Gasteiger partial charge in [-0.3, -0.25) is 9.69 Å². The van der Waals surface area contributed by atoms with Gasteiger partial charge in [0.05, 0.1) is 24.2 Å². The summed E-state index contributed by atoms with van der Waals surface area (Å²) < 4.78 is 21.2. The van der Waals surface area contributed by atoms with Gasteiger partial charge in [-0.05, 0) is 71.3 Å². The summed E-state index contributed by atoms with van der Waals surface area (Å²) in [5, 5.41) is 13.6. The van der Waals surface area contributed by atoms with E-state index in [1.807, 2.05) is 35.9 Å². The number of para-hydroxylation sites is 1. The summed E-state index contributed by atoms with van der Waals surface area (Å²) in [5.41, 5.74) is 3.37. The summed E-state index contributed by atoms with van der Waals surface area (Å²) in [5.74, 6) is 0.461. The molecule has 3 heterocycles. The number of hydrogen-bond donors (Lipinski definition) is 1. The minimum absolute atomic E-state index is 0.0990. The monoisotopic (exact) mass is 490 g/mol. The quantitative estimate of drug-likeness (QED) is 0.376. The fourth-order valence-corrected chi connectivity index (χ4v) is 5.03. The van der Waals surface area contributed by atoms with Crippen molar-refractivity contribution in [3.05, 3.63) is 87.2 Å². The molecule has 0 aliphatic carbocycles. The molecular weight excluding hydrogens is 459 g/mol. The lowest BCUT2D eigenvalue weighted by atomic mass is 10.1. The average molecular weight is 491 g/mol. The third-order valence-corrected chi connectivity index (χ3v) is 6.92. The van der Waals surface area contributed by atoms with Crippen LogP contribution in [0.15, 0.2) is 53.3 Å². The zero-order valence-electron chi connectivity index (χ0n) is 20.7. The maximum atomic E-state index is 13.6. The van der Waals surface area contributed by atoms with E-state index < -0.39 is 0 Å².